The molecule has 0 bridgehead atoms. The van der Waals surface area contributed by atoms with Crippen LogP contribution in [-0.2, 0) is 9.53 Å². The fourth-order valence-corrected chi connectivity index (χ4v) is 2.84. The Bertz CT molecular complexity index is 503. The molecule has 0 aromatic rings. The molecule has 0 aliphatic heterocycles. The van der Waals surface area contributed by atoms with E-state index < -0.39 is 23.3 Å². The van der Waals surface area contributed by atoms with Gasteiger partial charge in [-0.1, -0.05) is 20.8 Å². The Morgan fingerprint density at radius 2 is 1.71 bits per heavy atom. The van der Waals surface area contributed by atoms with Gasteiger partial charge in [-0.15, -0.1) is 0 Å². The van der Waals surface area contributed by atoms with Crippen LogP contribution in [0.4, 0.5) is 4.79 Å². The predicted octanol–water partition coefficient (Wildman–Crippen LogP) is 3.27. The summed E-state index contributed by atoms with van der Waals surface area (Å²) in [4.78, 5) is 24.8. The Kier molecular flexibility index (Phi) is 6.26. The van der Waals surface area contributed by atoms with Crippen molar-refractivity contribution in [2.24, 2.45) is 5.41 Å². The van der Waals surface area contributed by atoms with Gasteiger partial charge in [-0.05, 0) is 58.3 Å². The number of carbonyl (C=O) groups is 2. The van der Waals surface area contributed by atoms with E-state index in [1.807, 2.05) is 20.8 Å². The van der Waals surface area contributed by atoms with E-state index in [-0.39, 0.29) is 11.3 Å². The number of nitrogens with one attached hydrogen (secondary N) is 2. The zero-order valence-corrected chi connectivity index (χ0v) is 15.8. The van der Waals surface area contributed by atoms with Crippen molar-refractivity contribution in [1.82, 2.24) is 10.6 Å². The van der Waals surface area contributed by atoms with Crippen molar-refractivity contribution in [2.75, 3.05) is 0 Å². The molecule has 6 nitrogen and oxygen atoms in total. The van der Waals surface area contributed by atoms with Gasteiger partial charge >= 0.3 is 6.09 Å². The minimum absolute atomic E-state index is 0.160. The fourth-order valence-electron chi connectivity index (χ4n) is 2.84. The van der Waals surface area contributed by atoms with Gasteiger partial charge in [0.05, 0.1) is 6.07 Å². The van der Waals surface area contributed by atoms with E-state index in [0.717, 1.165) is 12.8 Å². The van der Waals surface area contributed by atoms with Gasteiger partial charge in [0.1, 0.15) is 17.2 Å². The lowest BCUT2D eigenvalue weighted by molar-refractivity contribution is -0.125. The molecule has 0 radical (unpaired) electrons. The summed E-state index contributed by atoms with van der Waals surface area (Å²) in [5.74, 6) is -0.320. The van der Waals surface area contributed by atoms with Crippen LogP contribution in [-0.4, -0.2) is 29.2 Å². The van der Waals surface area contributed by atoms with Crippen molar-refractivity contribution < 1.29 is 14.3 Å². The number of nitriles is 1. The number of amides is 2. The van der Waals surface area contributed by atoms with Crippen molar-refractivity contribution in [2.45, 2.75) is 90.8 Å². The van der Waals surface area contributed by atoms with E-state index in [1.165, 1.54) is 0 Å². The summed E-state index contributed by atoms with van der Waals surface area (Å²) in [6.45, 7) is 11.3. The van der Waals surface area contributed by atoms with Gasteiger partial charge in [0.25, 0.3) is 0 Å². The second-order valence-electron chi connectivity index (χ2n) is 8.85. The summed E-state index contributed by atoms with van der Waals surface area (Å²) in [5, 5.41) is 15.0. The zero-order chi connectivity index (χ0) is 18.6. The summed E-state index contributed by atoms with van der Waals surface area (Å²) in [6.07, 6.45) is 3.01. The number of rotatable bonds is 4. The molecule has 1 saturated carbocycles. The van der Waals surface area contributed by atoms with Crippen molar-refractivity contribution in [3.05, 3.63) is 0 Å². The molecule has 1 fully saturated rings. The van der Waals surface area contributed by atoms with E-state index in [2.05, 4.69) is 16.7 Å². The molecule has 24 heavy (non-hydrogen) atoms. The first-order chi connectivity index (χ1) is 10.9. The van der Waals surface area contributed by atoms with Gasteiger partial charge in [0.15, 0.2) is 0 Å². The lowest BCUT2D eigenvalue weighted by atomic mass is 9.87. The first-order valence-electron chi connectivity index (χ1n) is 8.59. The van der Waals surface area contributed by atoms with Crippen LogP contribution >= 0.6 is 0 Å². The van der Waals surface area contributed by atoms with E-state index >= 15 is 0 Å². The minimum atomic E-state index is -0.803. The lowest BCUT2D eigenvalue weighted by Crippen LogP contribution is -2.55. The third-order valence-corrected chi connectivity index (χ3v) is 3.86. The first-order valence-corrected chi connectivity index (χ1v) is 8.59. The Morgan fingerprint density at radius 1 is 1.17 bits per heavy atom. The highest BCUT2D eigenvalue weighted by Crippen LogP contribution is 2.29. The van der Waals surface area contributed by atoms with Crippen molar-refractivity contribution in [1.29, 1.82) is 5.26 Å². The van der Waals surface area contributed by atoms with Gasteiger partial charge in [-0.3, -0.25) is 4.79 Å². The number of hydrogen-bond acceptors (Lipinski definition) is 4. The zero-order valence-electron chi connectivity index (χ0n) is 15.8. The maximum Gasteiger partial charge on any atom is 0.408 e. The summed E-state index contributed by atoms with van der Waals surface area (Å²) in [6, 6.07) is 1.51. The highest BCUT2D eigenvalue weighted by atomic mass is 16.6. The maximum absolute atomic E-state index is 12.7. The highest BCUT2D eigenvalue weighted by molar-refractivity contribution is 5.86. The molecule has 0 heterocycles. The SMILES string of the molecule is CC(C)(C)C[C@H](NC(=O)OC(C)(C)C)C(=O)NC1(C#N)CCCC1. The minimum Gasteiger partial charge on any atom is -0.444 e. The van der Waals surface area contributed by atoms with Crippen LogP contribution in [0.1, 0.15) is 73.6 Å². The van der Waals surface area contributed by atoms with E-state index in [0.29, 0.717) is 19.3 Å². The third-order valence-electron chi connectivity index (χ3n) is 3.86. The Labute approximate surface area is 145 Å². The highest BCUT2D eigenvalue weighted by Gasteiger charge is 2.38. The van der Waals surface area contributed by atoms with Crippen LogP contribution in [0.25, 0.3) is 0 Å². The van der Waals surface area contributed by atoms with Crippen LogP contribution in [0.5, 0.6) is 0 Å². The molecule has 0 aromatic carbocycles. The van der Waals surface area contributed by atoms with Gasteiger partial charge in [0.2, 0.25) is 5.91 Å². The summed E-state index contributed by atoms with van der Waals surface area (Å²) in [7, 11) is 0. The molecule has 2 amide bonds. The van der Waals surface area contributed by atoms with Crippen LogP contribution in [0.2, 0.25) is 0 Å². The first kappa shape index (κ1) is 20.3. The summed E-state index contributed by atoms with van der Waals surface area (Å²) < 4.78 is 5.26. The van der Waals surface area contributed by atoms with E-state index in [1.54, 1.807) is 20.8 Å². The number of hydrogen-bond donors (Lipinski definition) is 2. The molecule has 1 aliphatic carbocycles. The number of carbonyl (C=O) groups excluding carboxylic acids is 2. The number of nitrogens with zero attached hydrogens (tertiary/aromatic N) is 1. The Balaban J connectivity index is 2.83. The Morgan fingerprint density at radius 3 is 2.12 bits per heavy atom. The third kappa shape index (κ3) is 6.77. The molecule has 0 saturated heterocycles. The molecule has 2 N–H and O–H groups in total. The van der Waals surface area contributed by atoms with Crippen molar-refractivity contribution >= 4 is 12.0 Å². The topological polar surface area (TPSA) is 91.2 Å². The second kappa shape index (κ2) is 7.42. The number of alkyl carbamates (subject to hydrolysis) is 1. The largest absolute Gasteiger partial charge is 0.444 e. The molecule has 1 aliphatic rings. The quantitative estimate of drug-likeness (QED) is 0.823. The molecular formula is C18H31N3O3. The lowest BCUT2D eigenvalue weighted by Gasteiger charge is -2.30. The van der Waals surface area contributed by atoms with Gasteiger partial charge in [0, 0.05) is 0 Å². The molecule has 1 atom stereocenters. The average Bonchev–Trinajstić information content (AvgIpc) is 2.83. The number of ether oxygens (including phenoxy) is 1. The van der Waals surface area contributed by atoms with Gasteiger partial charge in [-0.25, -0.2) is 4.79 Å². The van der Waals surface area contributed by atoms with Crippen LogP contribution < -0.4 is 10.6 Å². The standard InChI is InChI=1S/C18H31N3O3/c1-16(2,3)11-13(20-15(23)24-17(4,5)6)14(22)21-18(12-19)9-7-8-10-18/h13H,7-11H2,1-6H3,(H,20,23)(H,21,22)/t13-/m0/s1. The maximum atomic E-state index is 12.7. The monoisotopic (exact) mass is 337 g/mol. The van der Waals surface area contributed by atoms with Crippen LogP contribution in [0.15, 0.2) is 0 Å². The Hall–Kier alpha value is -1.77. The molecule has 6 heteroatoms. The van der Waals surface area contributed by atoms with Crippen molar-refractivity contribution in [3.63, 3.8) is 0 Å². The molecule has 0 unspecified atom stereocenters. The van der Waals surface area contributed by atoms with Gasteiger partial charge < -0.3 is 15.4 Å². The average molecular weight is 337 g/mol. The fraction of sp³-hybridized carbons (Fsp3) is 0.833. The molecule has 136 valence electrons. The normalized spacial score (nSPS) is 18.4. The summed E-state index contributed by atoms with van der Waals surface area (Å²) in [5.41, 5.74) is -1.60. The van der Waals surface area contributed by atoms with Crippen LogP contribution in [0.3, 0.4) is 0 Å². The van der Waals surface area contributed by atoms with E-state index in [9.17, 15) is 14.9 Å². The molecule has 0 spiro atoms. The molecule has 1 rings (SSSR count). The predicted molar refractivity (Wildman–Crippen MR) is 92.2 cm³/mol. The van der Waals surface area contributed by atoms with Crippen molar-refractivity contribution in [3.8, 4) is 6.07 Å². The summed E-state index contributed by atoms with van der Waals surface area (Å²) >= 11 is 0. The molecular weight excluding hydrogens is 306 g/mol. The van der Waals surface area contributed by atoms with E-state index in [4.69, 9.17) is 4.74 Å². The van der Waals surface area contributed by atoms with Crippen LogP contribution in [0, 0.1) is 16.7 Å². The molecule has 0 aromatic heterocycles. The van der Waals surface area contributed by atoms with Gasteiger partial charge in [-0.2, -0.15) is 5.26 Å². The second-order valence-corrected chi connectivity index (χ2v) is 8.85. The smallest absolute Gasteiger partial charge is 0.408 e.